The third-order valence-electron chi connectivity index (χ3n) is 6.92. The molecule has 184 valence electrons. The minimum atomic E-state index is 0.0140. The van der Waals surface area contributed by atoms with E-state index in [9.17, 15) is 10.1 Å². The molecular formula is C24H25ClN10O. The molecule has 0 atom stereocenters. The predicted octanol–water partition coefficient (Wildman–Crippen LogP) is 3.82. The molecule has 2 aliphatic heterocycles. The lowest BCUT2D eigenvalue weighted by molar-refractivity contribution is -0.126. The molecule has 12 heteroatoms. The lowest BCUT2D eigenvalue weighted by Gasteiger charge is -2.40. The Labute approximate surface area is 213 Å². The van der Waals surface area contributed by atoms with Gasteiger partial charge in [0.1, 0.15) is 0 Å². The Kier molecular flexibility index (Phi) is 6.02. The van der Waals surface area contributed by atoms with Crippen molar-refractivity contribution in [3.05, 3.63) is 40.3 Å². The van der Waals surface area contributed by atoms with Crippen LogP contribution in [0.15, 0.2) is 18.3 Å². The molecule has 1 spiro atoms. The molecule has 2 aliphatic rings. The van der Waals surface area contributed by atoms with Gasteiger partial charge < -0.3 is 25.3 Å². The number of nitrogens with zero attached hydrogens (tertiary/aromatic N) is 8. The molecule has 0 bridgehead atoms. The third kappa shape index (κ3) is 4.12. The van der Waals surface area contributed by atoms with Gasteiger partial charge in [0.05, 0.1) is 34.2 Å². The van der Waals surface area contributed by atoms with Gasteiger partial charge in [-0.15, -0.1) is 4.52 Å². The highest BCUT2D eigenvalue weighted by Gasteiger charge is 2.43. The maximum absolute atomic E-state index is 12.1. The van der Waals surface area contributed by atoms with Gasteiger partial charge in [0, 0.05) is 45.1 Å². The monoisotopic (exact) mass is 504 g/mol. The lowest BCUT2D eigenvalue weighted by Crippen LogP contribution is -2.41. The van der Waals surface area contributed by atoms with Crippen molar-refractivity contribution in [1.82, 2.24) is 24.5 Å². The van der Waals surface area contributed by atoms with Crippen LogP contribution in [-0.2, 0) is 4.79 Å². The summed E-state index contributed by atoms with van der Waals surface area (Å²) in [5.74, 6) is 1.16. The van der Waals surface area contributed by atoms with Crippen molar-refractivity contribution in [1.29, 1.82) is 5.26 Å². The van der Waals surface area contributed by atoms with Gasteiger partial charge in [0.2, 0.25) is 5.91 Å². The number of aromatic nitrogens is 4. The van der Waals surface area contributed by atoms with Gasteiger partial charge in [-0.3, -0.25) is 4.79 Å². The third-order valence-corrected chi connectivity index (χ3v) is 7.32. The number of hydrogen-bond donors (Lipinski definition) is 2. The zero-order chi connectivity index (χ0) is 25.4. The Morgan fingerprint density at radius 2 is 2.11 bits per heavy atom. The Bertz CT molecular complexity index is 1430. The van der Waals surface area contributed by atoms with Crippen LogP contribution in [0.2, 0.25) is 5.02 Å². The number of amides is 1. The number of anilines is 4. The molecule has 0 aliphatic carbocycles. The summed E-state index contributed by atoms with van der Waals surface area (Å²) in [6, 6.07) is 5.66. The van der Waals surface area contributed by atoms with Gasteiger partial charge in [-0.05, 0) is 31.9 Å². The van der Waals surface area contributed by atoms with Gasteiger partial charge in [0.15, 0.2) is 5.82 Å². The Morgan fingerprint density at radius 1 is 1.33 bits per heavy atom. The summed E-state index contributed by atoms with van der Waals surface area (Å²) in [6.45, 7) is 12.2. The van der Waals surface area contributed by atoms with Gasteiger partial charge in [-0.25, -0.2) is 4.98 Å². The molecule has 0 radical (unpaired) electrons. The van der Waals surface area contributed by atoms with E-state index in [-0.39, 0.29) is 23.1 Å². The van der Waals surface area contributed by atoms with E-state index in [1.165, 1.54) is 10.7 Å². The van der Waals surface area contributed by atoms with Crippen molar-refractivity contribution in [2.75, 3.05) is 48.8 Å². The number of carbonyl (C=O) groups excluding carboxylic acids is 1. The van der Waals surface area contributed by atoms with Crippen LogP contribution in [0.4, 0.5) is 29.0 Å². The molecule has 36 heavy (non-hydrogen) atoms. The van der Waals surface area contributed by atoms with Crippen molar-refractivity contribution >= 4 is 52.1 Å². The molecule has 11 nitrogen and oxygen atoms in total. The molecule has 0 saturated carbocycles. The number of carbonyl (C=O) groups is 1. The second-order valence-corrected chi connectivity index (χ2v) is 9.66. The summed E-state index contributed by atoms with van der Waals surface area (Å²) < 4.78 is 1.42. The van der Waals surface area contributed by atoms with Crippen LogP contribution in [0, 0.1) is 23.3 Å². The summed E-state index contributed by atoms with van der Waals surface area (Å²) in [5, 5.41) is 20.9. The molecule has 1 aromatic carbocycles. The SMILES string of the molecule is [C-]#[N+]c1cnc2c(NCC)nc(Nc3cc(C#N)cc(N4CCC5(CC4)CC(=O)N(C)C5)c3Cl)nn12. The fourth-order valence-electron chi connectivity index (χ4n) is 5.06. The number of hydrogen-bond acceptors (Lipinski definition) is 8. The predicted molar refractivity (Wildman–Crippen MR) is 137 cm³/mol. The van der Waals surface area contributed by atoms with Crippen LogP contribution < -0.4 is 15.5 Å². The standard InChI is InChI=1S/C24H25ClN10O/c1-4-28-21-22-29-13-18(27-2)35(22)32-23(31-21)30-16-9-15(12-26)10-17(20(16)25)34-7-5-24(6-8-34)11-19(36)33(3)14-24/h9-10,13H,4-8,11,14H2,1,3H3,(H2,28,30,31,32). The number of halogens is 1. The zero-order valence-corrected chi connectivity index (χ0v) is 20.8. The number of nitrogens with one attached hydrogen (secondary N) is 2. The van der Waals surface area contributed by atoms with E-state index < -0.39 is 0 Å². The molecule has 4 heterocycles. The average Bonchev–Trinajstić information content (AvgIpc) is 3.41. The van der Waals surface area contributed by atoms with E-state index >= 15 is 0 Å². The van der Waals surface area contributed by atoms with Crippen molar-refractivity contribution in [3.8, 4) is 6.07 Å². The number of benzene rings is 1. The van der Waals surface area contributed by atoms with Gasteiger partial charge >= 0.3 is 0 Å². The van der Waals surface area contributed by atoms with Crippen LogP contribution in [0.1, 0.15) is 31.7 Å². The van der Waals surface area contributed by atoms with Crippen molar-refractivity contribution in [2.45, 2.75) is 26.2 Å². The molecular weight excluding hydrogens is 480 g/mol. The minimum absolute atomic E-state index is 0.0140. The summed E-state index contributed by atoms with van der Waals surface area (Å²) in [4.78, 5) is 28.4. The van der Waals surface area contributed by atoms with Crippen LogP contribution in [0.3, 0.4) is 0 Å². The largest absolute Gasteiger partial charge is 0.370 e. The Balaban J connectivity index is 1.46. The van der Waals surface area contributed by atoms with Crippen molar-refractivity contribution in [3.63, 3.8) is 0 Å². The maximum atomic E-state index is 12.1. The normalized spacial score (nSPS) is 16.9. The number of piperidine rings is 1. The number of rotatable bonds is 5. The molecule has 3 aromatic rings. The summed E-state index contributed by atoms with van der Waals surface area (Å²) in [5.41, 5.74) is 2.16. The van der Waals surface area contributed by atoms with Crippen LogP contribution >= 0.6 is 11.6 Å². The second-order valence-electron chi connectivity index (χ2n) is 9.29. The highest BCUT2D eigenvalue weighted by Crippen LogP contribution is 2.44. The smallest absolute Gasteiger partial charge is 0.275 e. The van der Waals surface area contributed by atoms with E-state index in [1.807, 2.05) is 18.9 Å². The van der Waals surface area contributed by atoms with E-state index in [0.29, 0.717) is 40.7 Å². The quantitative estimate of drug-likeness (QED) is 0.503. The summed E-state index contributed by atoms with van der Waals surface area (Å²) in [6.07, 6.45) is 3.79. The molecule has 5 rings (SSSR count). The first-order valence-electron chi connectivity index (χ1n) is 11.7. The molecule has 2 N–H and O–H groups in total. The number of fused-ring (bicyclic) bond motifs is 1. The highest BCUT2D eigenvalue weighted by molar-refractivity contribution is 6.36. The zero-order valence-electron chi connectivity index (χ0n) is 20.0. The maximum Gasteiger partial charge on any atom is 0.275 e. The van der Waals surface area contributed by atoms with E-state index in [2.05, 4.69) is 41.5 Å². The topological polar surface area (TPSA) is 119 Å². The molecule has 2 fully saturated rings. The minimum Gasteiger partial charge on any atom is -0.370 e. The number of likely N-dealkylation sites (tertiary alicyclic amines) is 1. The fourth-order valence-corrected chi connectivity index (χ4v) is 5.34. The first kappa shape index (κ1) is 23.6. The van der Waals surface area contributed by atoms with Gasteiger partial charge in [-0.1, -0.05) is 23.3 Å². The average molecular weight is 505 g/mol. The molecule has 2 saturated heterocycles. The van der Waals surface area contributed by atoms with Gasteiger partial charge in [0.25, 0.3) is 17.4 Å². The summed E-state index contributed by atoms with van der Waals surface area (Å²) in [7, 11) is 1.86. The lowest BCUT2D eigenvalue weighted by atomic mass is 9.77. The van der Waals surface area contributed by atoms with Crippen LogP contribution in [-0.4, -0.2) is 63.6 Å². The summed E-state index contributed by atoms with van der Waals surface area (Å²) >= 11 is 6.86. The molecule has 0 unspecified atom stereocenters. The van der Waals surface area contributed by atoms with Crippen molar-refractivity contribution < 1.29 is 4.79 Å². The highest BCUT2D eigenvalue weighted by atomic mass is 35.5. The second kappa shape index (κ2) is 9.17. The molecule has 1 amide bonds. The first-order chi connectivity index (χ1) is 17.4. The van der Waals surface area contributed by atoms with E-state index in [4.69, 9.17) is 18.2 Å². The number of imidazole rings is 1. The van der Waals surface area contributed by atoms with Crippen molar-refractivity contribution in [2.24, 2.45) is 5.41 Å². The molecule has 2 aromatic heterocycles. The van der Waals surface area contributed by atoms with Gasteiger partial charge in [-0.2, -0.15) is 10.2 Å². The fraction of sp³-hybridized carbons (Fsp3) is 0.417. The Morgan fingerprint density at radius 3 is 2.75 bits per heavy atom. The van der Waals surface area contributed by atoms with E-state index in [1.54, 1.807) is 12.1 Å². The Hall–Kier alpha value is -4.09. The van der Waals surface area contributed by atoms with Crippen LogP contribution in [0.5, 0.6) is 0 Å². The van der Waals surface area contributed by atoms with Crippen LogP contribution in [0.25, 0.3) is 10.5 Å². The van der Waals surface area contributed by atoms with E-state index in [0.717, 1.165) is 38.2 Å². The first-order valence-corrected chi connectivity index (χ1v) is 12.1. The number of nitriles is 1.